The number of aromatic nitrogens is 1. The first-order chi connectivity index (χ1) is 11.9. The Balaban J connectivity index is 2.39. The summed E-state index contributed by atoms with van der Waals surface area (Å²) in [5.74, 6) is -0.472. The van der Waals surface area contributed by atoms with E-state index in [-0.39, 0.29) is 22.0 Å². The first-order valence-electron chi connectivity index (χ1n) is 7.34. The molecule has 0 aliphatic heterocycles. The molecule has 3 rings (SSSR count). The zero-order chi connectivity index (χ0) is 18.1. The van der Waals surface area contributed by atoms with Gasteiger partial charge in [-0.05, 0) is 36.8 Å². The molecular formula is C19H12BrClFN3. The summed E-state index contributed by atoms with van der Waals surface area (Å²) in [5, 5.41) is 9.74. The number of benzene rings is 2. The van der Waals surface area contributed by atoms with Crippen LogP contribution in [0.1, 0.15) is 11.1 Å². The summed E-state index contributed by atoms with van der Waals surface area (Å²) in [5.41, 5.74) is 8.67. The molecule has 0 fully saturated rings. The fourth-order valence-corrected chi connectivity index (χ4v) is 3.27. The lowest BCUT2D eigenvalue weighted by Crippen LogP contribution is -2.04. The molecule has 0 aliphatic carbocycles. The SMILES string of the molecule is Cc1c(-c2ccc(Br)cc2)nc(N)c(C#N)c1-c1c(F)cccc1Cl. The normalized spacial score (nSPS) is 10.5. The first-order valence-corrected chi connectivity index (χ1v) is 8.51. The zero-order valence-electron chi connectivity index (χ0n) is 13.1. The van der Waals surface area contributed by atoms with Gasteiger partial charge in [0, 0.05) is 21.2 Å². The monoisotopic (exact) mass is 415 g/mol. The molecule has 0 saturated carbocycles. The van der Waals surface area contributed by atoms with Crippen molar-refractivity contribution in [3.63, 3.8) is 0 Å². The number of nitriles is 1. The first kappa shape index (κ1) is 17.4. The molecule has 0 spiro atoms. The summed E-state index contributed by atoms with van der Waals surface area (Å²) in [6.45, 7) is 1.78. The second-order valence-electron chi connectivity index (χ2n) is 5.44. The van der Waals surface area contributed by atoms with Crippen molar-refractivity contribution in [3.05, 3.63) is 68.9 Å². The van der Waals surface area contributed by atoms with E-state index in [4.69, 9.17) is 17.3 Å². The van der Waals surface area contributed by atoms with E-state index in [1.165, 1.54) is 12.1 Å². The van der Waals surface area contributed by atoms with Crippen molar-refractivity contribution >= 4 is 33.3 Å². The molecule has 3 nitrogen and oxygen atoms in total. The Kier molecular flexibility index (Phi) is 4.76. The zero-order valence-corrected chi connectivity index (χ0v) is 15.5. The van der Waals surface area contributed by atoms with Gasteiger partial charge in [-0.2, -0.15) is 5.26 Å². The van der Waals surface area contributed by atoms with Gasteiger partial charge in [-0.25, -0.2) is 9.37 Å². The van der Waals surface area contributed by atoms with Crippen molar-refractivity contribution < 1.29 is 4.39 Å². The van der Waals surface area contributed by atoms with Crippen LogP contribution in [0.25, 0.3) is 22.4 Å². The Morgan fingerprint density at radius 1 is 1.16 bits per heavy atom. The molecule has 6 heteroatoms. The molecule has 0 amide bonds. The Labute approximate surface area is 158 Å². The van der Waals surface area contributed by atoms with Crippen molar-refractivity contribution in [2.75, 3.05) is 5.73 Å². The molecule has 2 N–H and O–H groups in total. The topological polar surface area (TPSA) is 62.7 Å². The van der Waals surface area contributed by atoms with Crippen LogP contribution >= 0.6 is 27.5 Å². The highest BCUT2D eigenvalue weighted by molar-refractivity contribution is 9.10. The van der Waals surface area contributed by atoms with Gasteiger partial charge in [-0.15, -0.1) is 0 Å². The van der Waals surface area contributed by atoms with Gasteiger partial charge in [-0.1, -0.05) is 45.7 Å². The molecule has 2 aromatic carbocycles. The third kappa shape index (κ3) is 3.11. The average molecular weight is 417 g/mol. The maximum Gasteiger partial charge on any atom is 0.142 e. The molecule has 0 bridgehead atoms. The van der Waals surface area contributed by atoms with Gasteiger partial charge in [-0.3, -0.25) is 0 Å². The molecule has 1 heterocycles. The summed E-state index contributed by atoms with van der Waals surface area (Å²) >= 11 is 9.61. The maximum absolute atomic E-state index is 14.5. The van der Waals surface area contributed by atoms with Crippen LogP contribution in [0.3, 0.4) is 0 Å². The van der Waals surface area contributed by atoms with Gasteiger partial charge in [0.2, 0.25) is 0 Å². The number of hydrogen-bond donors (Lipinski definition) is 1. The lowest BCUT2D eigenvalue weighted by Gasteiger charge is -2.16. The number of rotatable bonds is 2. The predicted molar refractivity (Wildman–Crippen MR) is 102 cm³/mol. The van der Waals surface area contributed by atoms with E-state index in [0.29, 0.717) is 16.8 Å². The lowest BCUT2D eigenvalue weighted by molar-refractivity contribution is 0.631. The predicted octanol–water partition coefficient (Wildman–Crippen LogP) is 5.73. The number of anilines is 1. The lowest BCUT2D eigenvalue weighted by atomic mass is 9.92. The van der Waals surface area contributed by atoms with Crippen LogP contribution in [0.5, 0.6) is 0 Å². The maximum atomic E-state index is 14.5. The van der Waals surface area contributed by atoms with Crippen LogP contribution in [-0.4, -0.2) is 4.98 Å². The van der Waals surface area contributed by atoms with Gasteiger partial charge in [0.05, 0.1) is 10.7 Å². The van der Waals surface area contributed by atoms with Crippen molar-refractivity contribution in [3.8, 4) is 28.5 Å². The third-order valence-corrected chi connectivity index (χ3v) is 4.75. The minimum absolute atomic E-state index is 0.0420. The third-order valence-electron chi connectivity index (χ3n) is 3.91. The number of nitrogens with two attached hydrogens (primary N) is 1. The van der Waals surface area contributed by atoms with E-state index in [0.717, 1.165) is 10.0 Å². The minimum atomic E-state index is -0.514. The van der Waals surface area contributed by atoms with Crippen LogP contribution in [0.2, 0.25) is 5.02 Å². The van der Waals surface area contributed by atoms with Crippen molar-refractivity contribution in [2.45, 2.75) is 6.92 Å². The summed E-state index contributed by atoms with van der Waals surface area (Å²) in [4.78, 5) is 4.36. The van der Waals surface area contributed by atoms with Gasteiger partial charge < -0.3 is 5.73 Å². The highest BCUT2D eigenvalue weighted by atomic mass is 79.9. The molecule has 3 aromatic rings. The van der Waals surface area contributed by atoms with E-state index >= 15 is 0 Å². The number of hydrogen-bond acceptors (Lipinski definition) is 3. The summed E-state index contributed by atoms with van der Waals surface area (Å²) in [6.07, 6.45) is 0. The van der Waals surface area contributed by atoms with E-state index in [9.17, 15) is 9.65 Å². The molecular weight excluding hydrogens is 405 g/mol. The van der Waals surface area contributed by atoms with E-state index in [1.54, 1.807) is 13.0 Å². The summed E-state index contributed by atoms with van der Waals surface area (Å²) in [7, 11) is 0. The van der Waals surface area contributed by atoms with Crippen molar-refractivity contribution in [1.82, 2.24) is 4.98 Å². The fourth-order valence-electron chi connectivity index (χ4n) is 2.75. The number of pyridine rings is 1. The summed E-state index contributed by atoms with van der Waals surface area (Å²) < 4.78 is 15.4. The summed E-state index contributed by atoms with van der Waals surface area (Å²) in [6, 6.07) is 13.9. The molecule has 0 saturated heterocycles. The van der Waals surface area contributed by atoms with Crippen LogP contribution in [-0.2, 0) is 0 Å². The van der Waals surface area contributed by atoms with Crippen LogP contribution in [0.4, 0.5) is 10.2 Å². The standard InChI is InChI=1S/C19H12BrClFN3/c1-10-16(17-14(21)3-2-4-15(17)22)13(9-23)19(24)25-18(10)11-5-7-12(20)8-6-11/h2-8H,1H3,(H2,24,25). The number of nitrogen functional groups attached to an aromatic ring is 1. The van der Waals surface area contributed by atoms with Gasteiger partial charge >= 0.3 is 0 Å². The van der Waals surface area contributed by atoms with Crippen LogP contribution < -0.4 is 5.73 Å². The van der Waals surface area contributed by atoms with Crippen molar-refractivity contribution in [2.24, 2.45) is 0 Å². The van der Waals surface area contributed by atoms with Gasteiger partial charge in [0.15, 0.2) is 0 Å². The molecule has 0 unspecified atom stereocenters. The molecule has 0 aliphatic rings. The molecule has 124 valence electrons. The van der Waals surface area contributed by atoms with Crippen LogP contribution in [0.15, 0.2) is 46.9 Å². The average Bonchev–Trinajstić information content (AvgIpc) is 2.58. The highest BCUT2D eigenvalue weighted by Crippen LogP contribution is 2.40. The van der Waals surface area contributed by atoms with E-state index in [2.05, 4.69) is 20.9 Å². The Morgan fingerprint density at radius 3 is 2.44 bits per heavy atom. The Hall–Kier alpha value is -2.42. The number of halogens is 3. The van der Waals surface area contributed by atoms with Gasteiger partial charge in [0.25, 0.3) is 0 Å². The smallest absolute Gasteiger partial charge is 0.142 e. The Morgan fingerprint density at radius 2 is 1.84 bits per heavy atom. The highest BCUT2D eigenvalue weighted by Gasteiger charge is 2.22. The molecule has 0 radical (unpaired) electrons. The second kappa shape index (κ2) is 6.83. The van der Waals surface area contributed by atoms with E-state index < -0.39 is 5.82 Å². The fraction of sp³-hybridized carbons (Fsp3) is 0.0526. The Bertz CT molecular complexity index is 990. The van der Waals surface area contributed by atoms with Crippen molar-refractivity contribution in [1.29, 1.82) is 5.26 Å². The molecule has 0 atom stereocenters. The van der Waals surface area contributed by atoms with Gasteiger partial charge in [0.1, 0.15) is 23.3 Å². The quantitative estimate of drug-likeness (QED) is 0.580. The molecule has 25 heavy (non-hydrogen) atoms. The second-order valence-corrected chi connectivity index (χ2v) is 6.76. The molecule has 1 aromatic heterocycles. The largest absolute Gasteiger partial charge is 0.383 e. The van der Waals surface area contributed by atoms with Crippen LogP contribution in [0, 0.1) is 24.1 Å². The minimum Gasteiger partial charge on any atom is -0.383 e. The van der Waals surface area contributed by atoms with E-state index in [1.807, 2.05) is 30.3 Å². The number of nitrogens with zero attached hydrogens (tertiary/aromatic N) is 2.